The lowest BCUT2D eigenvalue weighted by Gasteiger charge is -2.30. The zero-order valence-corrected chi connectivity index (χ0v) is 11.4. The van der Waals surface area contributed by atoms with Gasteiger partial charge in [0.1, 0.15) is 0 Å². The Labute approximate surface area is 105 Å². The summed E-state index contributed by atoms with van der Waals surface area (Å²) in [6, 6.07) is 0.444. The van der Waals surface area contributed by atoms with Gasteiger partial charge in [0.2, 0.25) is 5.91 Å². The maximum Gasteiger partial charge on any atom is 0.223 e. The van der Waals surface area contributed by atoms with Crippen LogP contribution in [0.5, 0.6) is 0 Å². The Hall–Kier alpha value is -0.610. The quantitative estimate of drug-likeness (QED) is 0.673. The summed E-state index contributed by atoms with van der Waals surface area (Å²) in [5.74, 6) is 0.333. The van der Waals surface area contributed by atoms with Crippen LogP contribution in [-0.4, -0.2) is 30.6 Å². The van der Waals surface area contributed by atoms with E-state index in [4.69, 9.17) is 5.73 Å². The van der Waals surface area contributed by atoms with Gasteiger partial charge >= 0.3 is 0 Å². The van der Waals surface area contributed by atoms with Gasteiger partial charge in [-0.1, -0.05) is 13.8 Å². The second-order valence-electron chi connectivity index (χ2n) is 5.36. The van der Waals surface area contributed by atoms with Gasteiger partial charge in [-0.25, -0.2) is 0 Å². The molecule has 1 aliphatic rings. The van der Waals surface area contributed by atoms with E-state index in [1.807, 2.05) is 0 Å². The molecule has 1 aliphatic heterocycles. The van der Waals surface area contributed by atoms with Gasteiger partial charge in [-0.2, -0.15) is 0 Å². The third-order valence-electron chi connectivity index (χ3n) is 4.02. The van der Waals surface area contributed by atoms with Crippen molar-refractivity contribution < 1.29 is 4.79 Å². The van der Waals surface area contributed by atoms with Crippen molar-refractivity contribution in [2.24, 2.45) is 11.7 Å². The number of piperidine rings is 1. The molecule has 4 nitrogen and oxygen atoms in total. The number of amides is 1. The summed E-state index contributed by atoms with van der Waals surface area (Å²) < 4.78 is 0. The number of carbonyl (C=O) groups excluding carboxylic acids is 1. The van der Waals surface area contributed by atoms with Gasteiger partial charge < -0.3 is 16.4 Å². The average molecular weight is 241 g/mol. The second-order valence-corrected chi connectivity index (χ2v) is 5.36. The lowest BCUT2D eigenvalue weighted by atomic mass is 9.91. The van der Waals surface area contributed by atoms with Gasteiger partial charge in [0.25, 0.3) is 0 Å². The number of nitrogens with two attached hydrogens (primary N) is 1. The van der Waals surface area contributed by atoms with Crippen molar-refractivity contribution in [1.29, 1.82) is 0 Å². The largest absolute Gasteiger partial charge is 0.354 e. The molecule has 17 heavy (non-hydrogen) atoms. The number of carbonyl (C=O) groups is 1. The Bertz CT molecular complexity index is 251. The summed E-state index contributed by atoms with van der Waals surface area (Å²) in [5.41, 5.74) is 5.93. The molecule has 0 saturated carbocycles. The lowest BCUT2D eigenvalue weighted by molar-refractivity contribution is -0.126. The van der Waals surface area contributed by atoms with E-state index in [2.05, 4.69) is 31.4 Å². The summed E-state index contributed by atoms with van der Waals surface area (Å²) in [4.78, 5) is 12.0. The van der Waals surface area contributed by atoms with Crippen LogP contribution in [0, 0.1) is 5.92 Å². The molecule has 0 spiro atoms. The molecule has 1 heterocycles. The first kappa shape index (κ1) is 14.5. The van der Waals surface area contributed by atoms with Crippen LogP contribution in [0.25, 0.3) is 0 Å². The highest BCUT2D eigenvalue weighted by atomic mass is 16.1. The fraction of sp³-hybridized carbons (Fsp3) is 0.923. The predicted molar refractivity (Wildman–Crippen MR) is 70.7 cm³/mol. The minimum Gasteiger partial charge on any atom is -0.354 e. The highest BCUT2D eigenvalue weighted by Gasteiger charge is 2.27. The number of rotatable bonds is 5. The Morgan fingerprint density at radius 1 is 1.47 bits per heavy atom. The molecule has 0 bridgehead atoms. The van der Waals surface area contributed by atoms with Crippen molar-refractivity contribution in [2.75, 3.05) is 13.1 Å². The molecular formula is C13H27N3O. The van der Waals surface area contributed by atoms with Gasteiger partial charge in [0, 0.05) is 24.0 Å². The van der Waals surface area contributed by atoms with Crippen molar-refractivity contribution >= 4 is 5.91 Å². The summed E-state index contributed by atoms with van der Waals surface area (Å²) in [6.45, 7) is 7.81. The third kappa shape index (κ3) is 4.28. The normalized spacial score (nSPS) is 25.6. The van der Waals surface area contributed by atoms with Gasteiger partial charge in [-0.3, -0.25) is 4.79 Å². The van der Waals surface area contributed by atoms with Gasteiger partial charge in [0.05, 0.1) is 0 Å². The zero-order valence-electron chi connectivity index (χ0n) is 11.4. The van der Waals surface area contributed by atoms with E-state index in [1.54, 1.807) is 0 Å². The van der Waals surface area contributed by atoms with Crippen molar-refractivity contribution in [2.45, 2.75) is 58.0 Å². The van der Waals surface area contributed by atoms with Crippen molar-refractivity contribution in [1.82, 2.24) is 10.6 Å². The number of nitrogens with one attached hydrogen (secondary N) is 2. The molecule has 100 valence electrons. The smallest absolute Gasteiger partial charge is 0.223 e. The molecule has 0 aromatic carbocycles. The van der Waals surface area contributed by atoms with E-state index in [0.717, 1.165) is 32.2 Å². The van der Waals surface area contributed by atoms with E-state index in [-0.39, 0.29) is 17.4 Å². The lowest BCUT2D eigenvalue weighted by Crippen LogP contribution is -2.51. The fourth-order valence-electron chi connectivity index (χ4n) is 2.28. The molecular weight excluding hydrogens is 214 g/mol. The molecule has 0 radical (unpaired) electrons. The molecule has 4 N–H and O–H groups in total. The SMILES string of the molecule is CCC(N)(CC)CNC(=O)[C@H]1CCN[C@@H](C)C1. The van der Waals surface area contributed by atoms with Gasteiger partial charge in [-0.05, 0) is 39.2 Å². The number of hydrogen-bond donors (Lipinski definition) is 3. The molecule has 4 heteroatoms. The first-order chi connectivity index (χ1) is 8.00. The van der Waals surface area contributed by atoms with Gasteiger partial charge in [-0.15, -0.1) is 0 Å². The Morgan fingerprint density at radius 3 is 2.65 bits per heavy atom. The molecule has 1 fully saturated rings. The molecule has 1 amide bonds. The topological polar surface area (TPSA) is 67.1 Å². The molecule has 1 saturated heterocycles. The van der Waals surface area contributed by atoms with E-state index >= 15 is 0 Å². The van der Waals surface area contributed by atoms with Crippen LogP contribution in [0.3, 0.4) is 0 Å². The monoisotopic (exact) mass is 241 g/mol. The molecule has 1 rings (SSSR count). The van der Waals surface area contributed by atoms with Crippen LogP contribution in [0.15, 0.2) is 0 Å². The summed E-state index contributed by atoms with van der Waals surface area (Å²) in [7, 11) is 0. The zero-order chi connectivity index (χ0) is 12.9. The predicted octanol–water partition coefficient (Wildman–Crippen LogP) is 1.01. The molecule has 0 aliphatic carbocycles. The third-order valence-corrected chi connectivity index (χ3v) is 4.02. The highest BCUT2D eigenvalue weighted by Crippen LogP contribution is 2.17. The van der Waals surface area contributed by atoms with Crippen LogP contribution < -0.4 is 16.4 Å². The summed E-state index contributed by atoms with van der Waals surface area (Å²) >= 11 is 0. The Kier molecular flexibility index (Phi) is 5.40. The fourth-order valence-corrected chi connectivity index (χ4v) is 2.28. The molecule has 0 aromatic heterocycles. The summed E-state index contributed by atoms with van der Waals surface area (Å²) in [5, 5.41) is 6.38. The van der Waals surface area contributed by atoms with Crippen molar-refractivity contribution in [3.8, 4) is 0 Å². The van der Waals surface area contributed by atoms with Crippen molar-refractivity contribution in [3.05, 3.63) is 0 Å². The average Bonchev–Trinajstić information content (AvgIpc) is 2.35. The Balaban J connectivity index is 2.38. The van der Waals surface area contributed by atoms with E-state index < -0.39 is 0 Å². The molecule has 2 atom stereocenters. The minimum atomic E-state index is -0.242. The Morgan fingerprint density at radius 2 is 2.12 bits per heavy atom. The molecule has 0 aromatic rings. The first-order valence-corrected chi connectivity index (χ1v) is 6.80. The van der Waals surface area contributed by atoms with Crippen LogP contribution in [0.4, 0.5) is 0 Å². The maximum atomic E-state index is 12.0. The van der Waals surface area contributed by atoms with E-state index in [0.29, 0.717) is 12.6 Å². The first-order valence-electron chi connectivity index (χ1n) is 6.80. The number of hydrogen-bond acceptors (Lipinski definition) is 3. The molecule has 0 unspecified atom stereocenters. The van der Waals surface area contributed by atoms with Crippen LogP contribution in [0.2, 0.25) is 0 Å². The minimum absolute atomic E-state index is 0.157. The van der Waals surface area contributed by atoms with E-state index in [9.17, 15) is 4.79 Å². The van der Waals surface area contributed by atoms with Crippen LogP contribution >= 0.6 is 0 Å². The second kappa shape index (κ2) is 6.36. The summed E-state index contributed by atoms with van der Waals surface area (Å²) in [6.07, 6.45) is 3.66. The highest BCUT2D eigenvalue weighted by molar-refractivity contribution is 5.78. The van der Waals surface area contributed by atoms with Crippen molar-refractivity contribution in [3.63, 3.8) is 0 Å². The van der Waals surface area contributed by atoms with Gasteiger partial charge in [0.15, 0.2) is 0 Å². The van der Waals surface area contributed by atoms with Crippen LogP contribution in [-0.2, 0) is 4.79 Å². The van der Waals surface area contributed by atoms with Crippen LogP contribution in [0.1, 0.15) is 46.5 Å². The standard InChI is InChI=1S/C13H27N3O/c1-4-13(14,5-2)9-16-12(17)11-6-7-15-10(3)8-11/h10-11,15H,4-9,14H2,1-3H3,(H,16,17)/t10-,11-/m0/s1. The maximum absolute atomic E-state index is 12.0. The van der Waals surface area contributed by atoms with E-state index in [1.165, 1.54) is 0 Å².